The fraction of sp³-hybridized carbons (Fsp3) is 0.368. The van der Waals surface area contributed by atoms with Gasteiger partial charge in [0, 0.05) is 5.69 Å². The van der Waals surface area contributed by atoms with Crippen molar-refractivity contribution in [2.75, 3.05) is 11.9 Å². The third kappa shape index (κ3) is 4.47. The number of nitrogens with one attached hydrogen (secondary N) is 1. The molecule has 2 rings (SSSR count). The number of rotatable bonds is 6. The summed E-state index contributed by atoms with van der Waals surface area (Å²) in [4.78, 5) is 23.8. The Bertz CT molecular complexity index is 715. The molecule has 1 heterocycles. The molecular formula is C19H23NO4. The number of esters is 1. The zero-order valence-corrected chi connectivity index (χ0v) is 14.5. The number of ether oxygens (including phenoxy) is 1. The van der Waals surface area contributed by atoms with Gasteiger partial charge in [0.1, 0.15) is 17.1 Å². The van der Waals surface area contributed by atoms with Gasteiger partial charge in [-0.3, -0.25) is 4.79 Å². The number of carbonyl (C=O) groups excluding carboxylic acids is 2. The van der Waals surface area contributed by atoms with Crippen LogP contribution in [0.1, 0.15) is 53.6 Å². The van der Waals surface area contributed by atoms with Crippen molar-refractivity contribution in [1.82, 2.24) is 0 Å². The van der Waals surface area contributed by atoms with Gasteiger partial charge in [-0.15, -0.1) is 0 Å². The maximum atomic E-state index is 11.9. The first-order valence-corrected chi connectivity index (χ1v) is 8.04. The van der Waals surface area contributed by atoms with Gasteiger partial charge in [-0.1, -0.05) is 26.0 Å². The number of hydrogen-bond donors (Lipinski definition) is 1. The van der Waals surface area contributed by atoms with Crippen LogP contribution in [0, 0.1) is 13.8 Å². The topological polar surface area (TPSA) is 68.5 Å². The molecule has 1 aromatic carbocycles. The minimum atomic E-state index is -0.563. The minimum Gasteiger partial charge on any atom is -0.466 e. The molecular weight excluding hydrogens is 306 g/mol. The Hall–Kier alpha value is -2.56. The average Bonchev–Trinajstić information content (AvgIpc) is 2.91. The first-order chi connectivity index (χ1) is 11.4. The van der Waals surface area contributed by atoms with Crippen molar-refractivity contribution >= 4 is 17.6 Å². The lowest BCUT2D eigenvalue weighted by Crippen LogP contribution is -2.21. The van der Waals surface area contributed by atoms with E-state index in [1.807, 2.05) is 24.3 Å². The zero-order chi connectivity index (χ0) is 17.7. The van der Waals surface area contributed by atoms with Crippen LogP contribution in [-0.4, -0.2) is 18.5 Å². The molecule has 1 aromatic heterocycles. The summed E-state index contributed by atoms with van der Waals surface area (Å²) in [7, 11) is 0. The summed E-state index contributed by atoms with van der Waals surface area (Å²) >= 11 is 0. The molecule has 128 valence electrons. The van der Waals surface area contributed by atoms with Crippen molar-refractivity contribution in [3.8, 4) is 0 Å². The van der Waals surface area contributed by atoms with Crippen LogP contribution in [0.4, 0.5) is 5.69 Å². The Morgan fingerprint density at radius 3 is 2.42 bits per heavy atom. The van der Waals surface area contributed by atoms with E-state index in [9.17, 15) is 9.59 Å². The van der Waals surface area contributed by atoms with Crippen LogP contribution in [0.3, 0.4) is 0 Å². The molecule has 1 atom stereocenters. The van der Waals surface area contributed by atoms with E-state index in [1.165, 1.54) is 5.56 Å². The molecule has 0 unspecified atom stereocenters. The maximum absolute atomic E-state index is 11.9. The predicted octanol–water partition coefficient (Wildman–Crippen LogP) is 4.21. The fourth-order valence-corrected chi connectivity index (χ4v) is 2.37. The van der Waals surface area contributed by atoms with E-state index in [2.05, 4.69) is 19.2 Å². The van der Waals surface area contributed by atoms with Crippen molar-refractivity contribution in [3.63, 3.8) is 0 Å². The van der Waals surface area contributed by atoms with Gasteiger partial charge < -0.3 is 14.5 Å². The number of amides is 1. The van der Waals surface area contributed by atoms with Crippen LogP contribution in [0.15, 0.2) is 34.7 Å². The molecule has 2 aromatic rings. The molecule has 0 spiro atoms. The quantitative estimate of drug-likeness (QED) is 0.806. The molecule has 0 fully saturated rings. The highest BCUT2D eigenvalue weighted by atomic mass is 16.5. The largest absolute Gasteiger partial charge is 0.466 e. The molecule has 24 heavy (non-hydrogen) atoms. The number of benzene rings is 1. The summed E-state index contributed by atoms with van der Waals surface area (Å²) in [5, 5.41) is 2.71. The molecule has 1 amide bonds. The van der Waals surface area contributed by atoms with Crippen LogP contribution < -0.4 is 5.32 Å². The standard InChI is InChI=1S/C19H23NO4/c1-5-12(2)15-6-8-16(9-7-15)20-18(21)11-23-19(22)17-10-13(3)24-14(17)4/h6-10,12H,5,11H2,1-4H3,(H,20,21)/t12-/m1/s1. The molecule has 0 saturated carbocycles. The summed E-state index contributed by atoms with van der Waals surface area (Å²) in [6.07, 6.45) is 1.06. The van der Waals surface area contributed by atoms with E-state index in [0.717, 1.165) is 6.42 Å². The van der Waals surface area contributed by atoms with Crippen molar-refractivity contribution < 1.29 is 18.7 Å². The van der Waals surface area contributed by atoms with Crippen LogP contribution in [0.2, 0.25) is 0 Å². The Labute approximate surface area is 142 Å². The summed E-state index contributed by atoms with van der Waals surface area (Å²) in [6.45, 7) is 7.39. The van der Waals surface area contributed by atoms with Gasteiger partial charge in [0.15, 0.2) is 6.61 Å². The smallest absolute Gasteiger partial charge is 0.342 e. The van der Waals surface area contributed by atoms with Gasteiger partial charge in [0.2, 0.25) is 0 Å². The van der Waals surface area contributed by atoms with Gasteiger partial charge in [-0.2, -0.15) is 0 Å². The average molecular weight is 329 g/mol. The Morgan fingerprint density at radius 2 is 1.88 bits per heavy atom. The monoisotopic (exact) mass is 329 g/mol. The number of aryl methyl sites for hydroxylation is 2. The highest BCUT2D eigenvalue weighted by Crippen LogP contribution is 2.20. The second kappa shape index (κ2) is 7.81. The van der Waals surface area contributed by atoms with Crippen molar-refractivity contribution in [2.45, 2.75) is 40.0 Å². The van der Waals surface area contributed by atoms with E-state index >= 15 is 0 Å². The van der Waals surface area contributed by atoms with Crippen LogP contribution in [-0.2, 0) is 9.53 Å². The lowest BCUT2D eigenvalue weighted by molar-refractivity contribution is -0.119. The molecule has 5 heteroatoms. The van der Waals surface area contributed by atoms with Gasteiger partial charge >= 0.3 is 5.97 Å². The third-order valence-corrected chi connectivity index (χ3v) is 3.97. The number of furan rings is 1. The third-order valence-electron chi connectivity index (χ3n) is 3.97. The summed E-state index contributed by atoms with van der Waals surface area (Å²) in [5.41, 5.74) is 2.25. The predicted molar refractivity (Wildman–Crippen MR) is 92.2 cm³/mol. The molecule has 0 saturated heterocycles. The highest BCUT2D eigenvalue weighted by molar-refractivity contribution is 5.95. The number of anilines is 1. The van der Waals surface area contributed by atoms with E-state index in [-0.39, 0.29) is 12.5 Å². The highest BCUT2D eigenvalue weighted by Gasteiger charge is 2.16. The zero-order valence-electron chi connectivity index (χ0n) is 14.5. The van der Waals surface area contributed by atoms with Crippen LogP contribution in [0.5, 0.6) is 0 Å². The number of carbonyl (C=O) groups is 2. The molecule has 0 aliphatic carbocycles. The maximum Gasteiger partial charge on any atom is 0.342 e. The molecule has 1 N–H and O–H groups in total. The number of hydrogen-bond acceptors (Lipinski definition) is 4. The van der Waals surface area contributed by atoms with E-state index in [0.29, 0.717) is 28.7 Å². The Balaban J connectivity index is 1.87. The van der Waals surface area contributed by atoms with Gasteiger partial charge in [0.05, 0.1) is 0 Å². The first-order valence-electron chi connectivity index (χ1n) is 8.04. The van der Waals surface area contributed by atoms with Crippen molar-refractivity contribution in [3.05, 3.63) is 53.0 Å². The molecule has 0 aliphatic heterocycles. The van der Waals surface area contributed by atoms with Crippen LogP contribution in [0.25, 0.3) is 0 Å². The van der Waals surface area contributed by atoms with E-state index in [1.54, 1.807) is 19.9 Å². The second-order valence-electron chi connectivity index (χ2n) is 5.88. The van der Waals surface area contributed by atoms with Crippen molar-refractivity contribution in [1.29, 1.82) is 0 Å². The molecule has 0 aliphatic rings. The molecule has 0 radical (unpaired) electrons. The lowest BCUT2D eigenvalue weighted by atomic mass is 9.99. The van der Waals surface area contributed by atoms with Gasteiger partial charge in [0.25, 0.3) is 5.91 Å². The normalized spacial score (nSPS) is 11.8. The molecule has 5 nitrogen and oxygen atoms in total. The van der Waals surface area contributed by atoms with E-state index in [4.69, 9.17) is 9.15 Å². The first kappa shape index (κ1) is 17.8. The van der Waals surface area contributed by atoms with Gasteiger partial charge in [-0.05, 0) is 49.9 Å². The minimum absolute atomic E-state index is 0.338. The fourth-order valence-electron chi connectivity index (χ4n) is 2.37. The lowest BCUT2D eigenvalue weighted by Gasteiger charge is -2.10. The summed E-state index contributed by atoms with van der Waals surface area (Å²) < 4.78 is 10.3. The van der Waals surface area contributed by atoms with E-state index < -0.39 is 5.97 Å². The second-order valence-corrected chi connectivity index (χ2v) is 5.88. The van der Waals surface area contributed by atoms with Crippen LogP contribution >= 0.6 is 0 Å². The Kier molecular flexibility index (Phi) is 5.79. The summed E-state index contributed by atoms with van der Waals surface area (Å²) in [6, 6.07) is 9.29. The summed E-state index contributed by atoms with van der Waals surface area (Å²) in [5.74, 6) is 0.658. The SMILES string of the molecule is CC[C@@H](C)c1ccc(NC(=O)COC(=O)c2cc(C)oc2C)cc1. The van der Waals surface area contributed by atoms with Gasteiger partial charge in [-0.25, -0.2) is 4.79 Å². The Morgan fingerprint density at radius 1 is 1.21 bits per heavy atom. The molecule has 0 bridgehead atoms. The van der Waals surface area contributed by atoms with Crippen molar-refractivity contribution in [2.24, 2.45) is 0 Å².